The van der Waals surface area contributed by atoms with Crippen molar-refractivity contribution in [3.63, 3.8) is 0 Å². The molecule has 1 heterocycles. The Morgan fingerprint density at radius 1 is 1.08 bits per heavy atom. The summed E-state index contributed by atoms with van der Waals surface area (Å²) in [5.74, 6) is -3.86. The molecule has 1 aromatic heterocycles. The Balaban J connectivity index is 1.58. The van der Waals surface area contributed by atoms with Crippen LogP contribution in [-0.4, -0.2) is 39.3 Å². The largest absolute Gasteiger partial charge is 0.508 e. The third-order valence-corrected chi connectivity index (χ3v) is 7.00. The fraction of sp³-hybridized carbons (Fsp3) is 0.345. The molecule has 4 rings (SSSR count). The zero-order valence-corrected chi connectivity index (χ0v) is 21.6. The number of halogens is 3. The van der Waals surface area contributed by atoms with Gasteiger partial charge in [0.15, 0.2) is 6.04 Å². The van der Waals surface area contributed by atoms with Crippen molar-refractivity contribution in [2.75, 3.05) is 6.54 Å². The van der Waals surface area contributed by atoms with Gasteiger partial charge >= 0.3 is 0 Å². The first-order valence-corrected chi connectivity index (χ1v) is 13.0. The highest BCUT2D eigenvalue weighted by molar-refractivity contribution is 6.30. The molecular formula is C29H30ClF2N3O3. The number of aryl methyl sites for hydroxylation is 1. The van der Waals surface area contributed by atoms with E-state index < -0.39 is 23.8 Å². The van der Waals surface area contributed by atoms with E-state index in [-0.39, 0.29) is 50.4 Å². The molecule has 2 amide bonds. The number of carbonyl (C=O) groups excluding carboxylic acids is 2. The number of aromatic hydroxyl groups is 1. The quantitative estimate of drug-likeness (QED) is 0.345. The Bertz CT molecular complexity index is 1220. The van der Waals surface area contributed by atoms with E-state index in [2.05, 4.69) is 10.3 Å². The van der Waals surface area contributed by atoms with E-state index in [1.165, 1.54) is 11.1 Å². The average Bonchev–Trinajstić information content (AvgIpc) is 3.26. The highest BCUT2D eigenvalue weighted by atomic mass is 35.5. The van der Waals surface area contributed by atoms with E-state index in [1.807, 2.05) is 0 Å². The molecule has 2 unspecified atom stereocenters. The lowest BCUT2D eigenvalue weighted by Gasteiger charge is -2.33. The number of hydrogen-bond donors (Lipinski definition) is 2. The van der Waals surface area contributed by atoms with Gasteiger partial charge in [-0.25, -0.2) is 8.78 Å². The van der Waals surface area contributed by atoms with Gasteiger partial charge in [-0.3, -0.25) is 14.6 Å². The highest BCUT2D eigenvalue weighted by Crippen LogP contribution is 2.40. The number of alkyl halides is 2. The van der Waals surface area contributed by atoms with Crippen LogP contribution in [0.25, 0.3) is 0 Å². The smallest absolute Gasteiger partial charge is 0.249 e. The number of nitrogens with one attached hydrogen (secondary N) is 1. The first-order chi connectivity index (χ1) is 18.2. The summed E-state index contributed by atoms with van der Waals surface area (Å²) in [6.07, 6.45) is 1.70. The number of phenolic OH excluding ortho intramolecular Hbond substituents is 1. The minimum absolute atomic E-state index is 0.0274. The van der Waals surface area contributed by atoms with Crippen molar-refractivity contribution >= 4 is 23.4 Å². The number of rotatable bonds is 10. The van der Waals surface area contributed by atoms with Gasteiger partial charge in [-0.2, -0.15) is 0 Å². The minimum Gasteiger partial charge on any atom is -0.508 e. The molecular weight excluding hydrogens is 512 g/mol. The Labute approximate surface area is 225 Å². The molecule has 200 valence electrons. The molecule has 9 heteroatoms. The molecule has 6 nitrogen and oxygen atoms in total. The summed E-state index contributed by atoms with van der Waals surface area (Å²) in [7, 11) is 0. The summed E-state index contributed by atoms with van der Waals surface area (Å²) in [5.41, 5.74) is 2.03. The molecule has 0 bridgehead atoms. The Morgan fingerprint density at radius 2 is 1.79 bits per heavy atom. The van der Waals surface area contributed by atoms with Crippen molar-refractivity contribution in [1.29, 1.82) is 0 Å². The summed E-state index contributed by atoms with van der Waals surface area (Å²) in [6.45, 7) is 0.232. The van der Waals surface area contributed by atoms with E-state index >= 15 is 0 Å². The standard InChI is InChI=1S/C29H30ClF2N3O3/c30-23-9-4-21(5-10-23)18-34-28(38)27(25-3-1-2-16-33-25)35(19-22-14-15-29(31,32)17-22)26(37)13-8-20-6-11-24(36)12-7-20/h1-7,9-12,16,22,27,36H,8,13-15,17-19H2,(H,34,38). The summed E-state index contributed by atoms with van der Waals surface area (Å²) in [5, 5.41) is 13.0. The van der Waals surface area contributed by atoms with E-state index in [0.717, 1.165) is 11.1 Å². The van der Waals surface area contributed by atoms with Crippen molar-refractivity contribution in [2.24, 2.45) is 5.92 Å². The number of amides is 2. The Kier molecular flexibility index (Phi) is 8.94. The van der Waals surface area contributed by atoms with Crippen molar-refractivity contribution < 1.29 is 23.5 Å². The van der Waals surface area contributed by atoms with Crippen molar-refractivity contribution in [3.05, 3.63) is 94.8 Å². The number of pyridine rings is 1. The van der Waals surface area contributed by atoms with Gasteiger partial charge in [0.1, 0.15) is 5.75 Å². The number of carbonyl (C=O) groups is 2. The summed E-state index contributed by atoms with van der Waals surface area (Å²) < 4.78 is 28.1. The maximum atomic E-state index is 14.0. The molecule has 3 aromatic rings. The van der Waals surface area contributed by atoms with Crippen LogP contribution in [-0.2, 0) is 22.6 Å². The van der Waals surface area contributed by atoms with E-state index in [1.54, 1.807) is 66.7 Å². The molecule has 1 aliphatic carbocycles. The van der Waals surface area contributed by atoms with Crippen molar-refractivity contribution in [2.45, 2.75) is 50.6 Å². The lowest BCUT2D eigenvalue weighted by Crippen LogP contribution is -2.46. The number of benzene rings is 2. The lowest BCUT2D eigenvalue weighted by molar-refractivity contribution is -0.142. The van der Waals surface area contributed by atoms with Gasteiger partial charge < -0.3 is 15.3 Å². The molecule has 2 atom stereocenters. The van der Waals surface area contributed by atoms with Crippen LogP contribution < -0.4 is 5.32 Å². The van der Waals surface area contributed by atoms with Gasteiger partial charge in [0.05, 0.1) is 5.69 Å². The maximum absolute atomic E-state index is 14.0. The number of hydrogen-bond acceptors (Lipinski definition) is 4. The molecule has 0 saturated heterocycles. The van der Waals surface area contributed by atoms with Crippen LogP contribution >= 0.6 is 11.6 Å². The van der Waals surface area contributed by atoms with Gasteiger partial charge in [-0.05, 0) is 66.3 Å². The lowest BCUT2D eigenvalue weighted by atomic mass is 10.0. The molecule has 0 radical (unpaired) electrons. The summed E-state index contributed by atoms with van der Waals surface area (Å²) in [6, 6.07) is 17.6. The fourth-order valence-corrected chi connectivity index (χ4v) is 4.87. The minimum atomic E-state index is -2.78. The van der Waals surface area contributed by atoms with Gasteiger partial charge in [0.2, 0.25) is 17.7 Å². The molecule has 1 aliphatic rings. The van der Waals surface area contributed by atoms with Crippen LogP contribution in [0, 0.1) is 5.92 Å². The van der Waals surface area contributed by atoms with Gasteiger partial charge in [0, 0.05) is 43.6 Å². The van der Waals surface area contributed by atoms with E-state index in [9.17, 15) is 23.5 Å². The third-order valence-electron chi connectivity index (χ3n) is 6.75. The number of nitrogens with zero attached hydrogens (tertiary/aromatic N) is 2. The zero-order chi connectivity index (χ0) is 27.1. The van der Waals surface area contributed by atoms with Gasteiger partial charge in [-0.15, -0.1) is 0 Å². The van der Waals surface area contributed by atoms with Crippen LogP contribution in [0.15, 0.2) is 72.9 Å². The summed E-state index contributed by atoms with van der Waals surface area (Å²) in [4.78, 5) is 33.0. The second-order valence-electron chi connectivity index (χ2n) is 9.68. The molecule has 1 fully saturated rings. The first-order valence-electron chi connectivity index (χ1n) is 12.6. The molecule has 1 saturated carbocycles. The summed E-state index contributed by atoms with van der Waals surface area (Å²) >= 11 is 5.96. The SMILES string of the molecule is O=C(NCc1ccc(Cl)cc1)C(c1ccccn1)N(CC1CCC(F)(F)C1)C(=O)CCc1ccc(O)cc1. The predicted octanol–water partition coefficient (Wildman–Crippen LogP) is 5.69. The molecule has 2 aromatic carbocycles. The first kappa shape index (κ1) is 27.5. The maximum Gasteiger partial charge on any atom is 0.249 e. The van der Waals surface area contributed by atoms with Crippen LogP contribution in [0.4, 0.5) is 8.78 Å². The number of phenols is 1. The zero-order valence-electron chi connectivity index (χ0n) is 20.8. The van der Waals surface area contributed by atoms with Crippen LogP contribution in [0.3, 0.4) is 0 Å². The van der Waals surface area contributed by atoms with Gasteiger partial charge in [-0.1, -0.05) is 41.9 Å². The van der Waals surface area contributed by atoms with Crippen LogP contribution in [0.1, 0.15) is 48.5 Å². The Morgan fingerprint density at radius 3 is 2.42 bits per heavy atom. The van der Waals surface area contributed by atoms with E-state index in [0.29, 0.717) is 17.1 Å². The van der Waals surface area contributed by atoms with Crippen LogP contribution in [0.2, 0.25) is 5.02 Å². The fourth-order valence-electron chi connectivity index (χ4n) is 4.75. The average molecular weight is 542 g/mol. The second kappa shape index (κ2) is 12.3. The monoisotopic (exact) mass is 541 g/mol. The van der Waals surface area contributed by atoms with Crippen molar-refractivity contribution in [1.82, 2.24) is 15.2 Å². The van der Waals surface area contributed by atoms with Crippen LogP contribution in [0.5, 0.6) is 5.75 Å². The normalized spacial score (nSPS) is 17.1. The Hall–Kier alpha value is -3.52. The van der Waals surface area contributed by atoms with Crippen molar-refractivity contribution in [3.8, 4) is 5.75 Å². The van der Waals surface area contributed by atoms with E-state index in [4.69, 9.17) is 11.6 Å². The molecule has 2 N–H and O–H groups in total. The molecule has 0 aliphatic heterocycles. The predicted molar refractivity (Wildman–Crippen MR) is 141 cm³/mol. The van der Waals surface area contributed by atoms with Gasteiger partial charge in [0.25, 0.3) is 0 Å². The third kappa shape index (κ3) is 7.51. The second-order valence-corrected chi connectivity index (χ2v) is 10.1. The molecule has 0 spiro atoms. The highest BCUT2D eigenvalue weighted by Gasteiger charge is 2.42. The topological polar surface area (TPSA) is 82.5 Å². The molecule has 38 heavy (non-hydrogen) atoms. The number of aromatic nitrogens is 1.